The second kappa shape index (κ2) is 4.94. The van der Waals surface area contributed by atoms with Crippen molar-refractivity contribution in [3.63, 3.8) is 0 Å². The van der Waals surface area contributed by atoms with Crippen molar-refractivity contribution in [2.75, 3.05) is 13.6 Å². The van der Waals surface area contributed by atoms with Crippen molar-refractivity contribution < 1.29 is 9.90 Å². The molecular weight excluding hydrogens is 252 g/mol. The Labute approximate surface area is 118 Å². The Hall–Kier alpha value is -1.81. The molecule has 0 saturated heterocycles. The van der Waals surface area contributed by atoms with E-state index in [-0.39, 0.29) is 5.91 Å². The minimum Gasteiger partial charge on any atom is -0.388 e. The number of hydrogen-bond acceptors (Lipinski definition) is 2. The van der Waals surface area contributed by atoms with Gasteiger partial charge in [0.2, 0.25) is 0 Å². The van der Waals surface area contributed by atoms with E-state index in [1.54, 1.807) is 11.9 Å². The normalized spacial score (nSPS) is 17.5. The lowest BCUT2D eigenvalue weighted by Crippen LogP contribution is -2.42. The number of nitrogens with one attached hydrogen (secondary N) is 1. The Kier molecular flexibility index (Phi) is 3.26. The van der Waals surface area contributed by atoms with Crippen LogP contribution in [0.1, 0.15) is 36.0 Å². The van der Waals surface area contributed by atoms with Crippen LogP contribution < -0.4 is 0 Å². The van der Waals surface area contributed by atoms with E-state index in [2.05, 4.69) is 4.98 Å². The maximum Gasteiger partial charge on any atom is 0.254 e. The minimum atomic E-state index is -0.698. The van der Waals surface area contributed by atoms with E-state index in [1.165, 1.54) is 0 Å². The summed E-state index contributed by atoms with van der Waals surface area (Å²) in [5, 5.41) is 11.4. The van der Waals surface area contributed by atoms with Gasteiger partial charge in [0, 0.05) is 36.3 Å². The molecule has 1 heterocycles. The maximum absolute atomic E-state index is 12.6. The summed E-state index contributed by atoms with van der Waals surface area (Å²) in [4.78, 5) is 17.3. The lowest BCUT2D eigenvalue weighted by Gasteiger charge is -2.28. The van der Waals surface area contributed by atoms with Gasteiger partial charge >= 0.3 is 0 Å². The molecule has 2 aromatic rings. The summed E-state index contributed by atoms with van der Waals surface area (Å²) in [7, 11) is 1.77. The first kappa shape index (κ1) is 13.2. The van der Waals surface area contributed by atoms with Gasteiger partial charge in [0.25, 0.3) is 5.91 Å². The van der Waals surface area contributed by atoms with Crippen LogP contribution in [-0.2, 0) is 0 Å². The summed E-state index contributed by atoms with van der Waals surface area (Å²) < 4.78 is 0. The number of aromatic amines is 1. The fourth-order valence-corrected chi connectivity index (χ4v) is 3.18. The molecule has 4 heteroatoms. The number of rotatable bonds is 3. The first-order valence-electron chi connectivity index (χ1n) is 7.13. The Morgan fingerprint density at radius 2 is 2.10 bits per heavy atom. The van der Waals surface area contributed by atoms with Crippen LogP contribution in [-0.4, -0.2) is 40.1 Å². The highest BCUT2D eigenvalue weighted by Gasteiger charge is 2.33. The van der Waals surface area contributed by atoms with Crippen molar-refractivity contribution >= 4 is 16.8 Å². The smallest absolute Gasteiger partial charge is 0.254 e. The molecule has 0 unspecified atom stereocenters. The largest absolute Gasteiger partial charge is 0.388 e. The Balaban J connectivity index is 1.83. The van der Waals surface area contributed by atoms with Crippen LogP contribution in [0.4, 0.5) is 0 Å². The second-order valence-corrected chi connectivity index (χ2v) is 5.84. The van der Waals surface area contributed by atoms with Gasteiger partial charge in [-0.3, -0.25) is 4.79 Å². The maximum atomic E-state index is 12.6. The monoisotopic (exact) mass is 272 g/mol. The van der Waals surface area contributed by atoms with Crippen molar-refractivity contribution in [2.45, 2.75) is 31.3 Å². The lowest BCUT2D eigenvalue weighted by atomic mass is 10.0. The van der Waals surface area contributed by atoms with Gasteiger partial charge in [-0.25, -0.2) is 0 Å². The first-order chi connectivity index (χ1) is 9.59. The number of fused-ring (bicyclic) bond motifs is 1. The number of benzene rings is 1. The predicted octanol–water partition coefficient (Wildman–Crippen LogP) is 2.54. The van der Waals surface area contributed by atoms with E-state index in [1.807, 2.05) is 30.5 Å². The third kappa shape index (κ3) is 2.31. The predicted molar refractivity (Wildman–Crippen MR) is 78.7 cm³/mol. The van der Waals surface area contributed by atoms with Crippen LogP contribution in [0.5, 0.6) is 0 Å². The van der Waals surface area contributed by atoms with Crippen molar-refractivity contribution in [1.82, 2.24) is 9.88 Å². The van der Waals surface area contributed by atoms with Gasteiger partial charge in [-0.05, 0) is 31.0 Å². The summed E-state index contributed by atoms with van der Waals surface area (Å²) in [5.74, 6) is -0.0319. The molecule has 1 amide bonds. The Morgan fingerprint density at radius 1 is 1.35 bits per heavy atom. The Bertz CT molecular complexity index is 626. The highest BCUT2D eigenvalue weighted by atomic mass is 16.3. The molecule has 3 rings (SSSR count). The van der Waals surface area contributed by atoms with E-state index in [9.17, 15) is 9.90 Å². The average Bonchev–Trinajstić information content (AvgIpc) is 3.06. The Morgan fingerprint density at radius 3 is 2.85 bits per heavy atom. The standard InChI is InChI=1S/C16H20N2O2/c1-18(11-16(20)8-2-3-9-16)15(19)13-5-4-6-14-12(13)7-10-17-14/h4-7,10,17,20H,2-3,8-9,11H2,1H3. The number of aromatic nitrogens is 1. The summed E-state index contributed by atoms with van der Waals surface area (Å²) in [6.07, 6.45) is 5.52. The highest BCUT2D eigenvalue weighted by Crippen LogP contribution is 2.30. The third-order valence-electron chi connectivity index (χ3n) is 4.24. The van der Waals surface area contributed by atoms with Crippen molar-refractivity contribution in [1.29, 1.82) is 0 Å². The minimum absolute atomic E-state index is 0.0319. The summed E-state index contributed by atoms with van der Waals surface area (Å²) >= 11 is 0. The molecule has 4 nitrogen and oxygen atoms in total. The van der Waals surface area contributed by atoms with Crippen LogP contribution in [0.15, 0.2) is 30.5 Å². The molecule has 2 N–H and O–H groups in total. The molecule has 1 aliphatic rings. The number of aliphatic hydroxyl groups is 1. The van der Waals surface area contributed by atoms with Gasteiger partial charge in [-0.2, -0.15) is 0 Å². The molecule has 1 fully saturated rings. The van der Waals surface area contributed by atoms with E-state index < -0.39 is 5.60 Å². The van der Waals surface area contributed by atoms with Crippen molar-refractivity contribution in [2.24, 2.45) is 0 Å². The molecule has 1 aromatic carbocycles. The highest BCUT2D eigenvalue weighted by molar-refractivity contribution is 6.06. The van der Waals surface area contributed by atoms with Crippen molar-refractivity contribution in [3.05, 3.63) is 36.0 Å². The fourth-order valence-electron chi connectivity index (χ4n) is 3.18. The molecule has 20 heavy (non-hydrogen) atoms. The zero-order valence-corrected chi connectivity index (χ0v) is 11.7. The number of carbonyl (C=O) groups excluding carboxylic acids is 1. The van der Waals surface area contributed by atoms with Crippen LogP contribution >= 0.6 is 0 Å². The molecule has 0 spiro atoms. The second-order valence-electron chi connectivity index (χ2n) is 5.84. The molecule has 1 aliphatic carbocycles. The molecular formula is C16H20N2O2. The zero-order valence-electron chi connectivity index (χ0n) is 11.7. The molecule has 106 valence electrons. The van der Waals surface area contributed by atoms with Gasteiger partial charge in [0.15, 0.2) is 0 Å². The van der Waals surface area contributed by atoms with E-state index in [0.717, 1.165) is 36.6 Å². The average molecular weight is 272 g/mol. The van der Waals surface area contributed by atoms with E-state index >= 15 is 0 Å². The SMILES string of the molecule is CN(CC1(O)CCCC1)C(=O)c1cccc2[nH]ccc12. The number of likely N-dealkylation sites (N-methyl/N-ethyl adjacent to an activating group) is 1. The molecule has 0 atom stereocenters. The lowest BCUT2D eigenvalue weighted by molar-refractivity contribution is 0.0157. The first-order valence-corrected chi connectivity index (χ1v) is 7.13. The van der Waals surface area contributed by atoms with Gasteiger partial charge in [0.05, 0.1) is 5.60 Å². The van der Waals surface area contributed by atoms with Crippen molar-refractivity contribution in [3.8, 4) is 0 Å². The summed E-state index contributed by atoms with van der Waals surface area (Å²) in [6, 6.07) is 7.59. The van der Waals surface area contributed by atoms with Gasteiger partial charge in [-0.1, -0.05) is 18.9 Å². The number of nitrogens with zero attached hydrogens (tertiary/aromatic N) is 1. The fraction of sp³-hybridized carbons (Fsp3) is 0.438. The topological polar surface area (TPSA) is 56.3 Å². The number of H-pyrrole nitrogens is 1. The number of hydrogen-bond donors (Lipinski definition) is 2. The van der Waals surface area contributed by atoms with Gasteiger partial charge in [-0.15, -0.1) is 0 Å². The number of carbonyl (C=O) groups is 1. The molecule has 1 aromatic heterocycles. The molecule has 0 radical (unpaired) electrons. The van der Waals surface area contributed by atoms with E-state index in [0.29, 0.717) is 12.1 Å². The summed E-state index contributed by atoms with van der Waals surface area (Å²) in [5.41, 5.74) is 0.952. The third-order valence-corrected chi connectivity index (χ3v) is 4.24. The zero-order chi connectivity index (χ0) is 14.2. The van der Waals surface area contributed by atoms with Gasteiger partial charge < -0.3 is 15.0 Å². The van der Waals surface area contributed by atoms with Crippen LogP contribution in [0.25, 0.3) is 10.9 Å². The van der Waals surface area contributed by atoms with Gasteiger partial charge in [0.1, 0.15) is 0 Å². The van der Waals surface area contributed by atoms with Crippen LogP contribution in [0.2, 0.25) is 0 Å². The molecule has 1 saturated carbocycles. The number of amides is 1. The van der Waals surface area contributed by atoms with Crippen LogP contribution in [0, 0.1) is 0 Å². The van der Waals surface area contributed by atoms with Crippen LogP contribution in [0.3, 0.4) is 0 Å². The summed E-state index contributed by atoms with van der Waals surface area (Å²) in [6.45, 7) is 0.409. The van der Waals surface area contributed by atoms with E-state index in [4.69, 9.17) is 0 Å². The quantitative estimate of drug-likeness (QED) is 0.902. The molecule has 0 bridgehead atoms. The molecule has 0 aliphatic heterocycles.